The van der Waals surface area contributed by atoms with Crippen molar-refractivity contribution in [2.45, 2.75) is 87.2 Å². The summed E-state index contributed by atoms with van der Waals surface area (Å²) in [5.41, 5.74) is 2.99. The molecule has 0 unspecified atom stereocenters. The molecule has 13 N–H and O–H groups in total. The third kappa shape index (κ3) is 11.5. The fourth-order valence-corrected chi connectivity index (χ4v) is 9.09. The van der Waals surface area contributed by atoms with Crippen LogP contribution in [0.2, 0.25) is 0 Å². The molecule has 1 fully saturated rings. The number of fused-ring (bicyclic) bond motifs is 2. The van der Waals surface area contributed by atoms with Gasteiger partial charge in [-0.1, -0.05) is 29.3 Å². The van der Waals surface area contributed by atoms with Crippen LogP contribution < -0.4 is 36.7 Å². The van der Waals surface area contributed by atoms with Crippen LogP contribution in [-0.2, 0) is 28.7 Å². The summed E-state index contributed by atoms with van der Waals surface area (Å²) in [4.78, 5) is 77.6. The van der Waals surface area contributed by atoms with Gasteiger partial charge in [0.25, 0.3) is 0 Å². The van der Waals surface area contributed by atoms with E-state index in [1.165, 1.54) is 66.7 Å². The number of phenols is 1. The van der Waals surface area contributed by atoms with Gasteiger partial charge in [-0.2, -0.15) is 4.73 Å². The van der Waals surface area contributed by atoms with E-state index in [0.29, 0.717) is 40.3 Å². The number of benzene rings is 3. The van der Waals surface area contributed by atoms with E-state index in [4.69, 9.17) is 29.2 Å². The highest BCUT2D eigenvalue weighted by Crippen LogP contribution is 2.46. The highest BCUT2D eigenvalue weighted by molar-refractivity contribution is 5.98. The summed E-state index contributed by atoms with van der Waals surface area (Å²) in [7, 11) is 1.52. The number of carbonyl (C=O) groups is 4. The minimum atomic E-state index is -3.32. The van der Waals surface area contributed by atoms with Gasteiger partial charge in [0.1, 0.15) is 41.6 Å². The number of nitrogens with zero attached hydrogens (tertiary/aromatic N) is 2. The number of carboxylic acid groups (broad SMARTS) is 1. The molecule has 1 aliphatic rings. The highest BCUT2D eigenvalue weighted by Gasteiger charge is 2.72. The normalized spacial score (nSPS) is 21.5. The number of aromatic hydroxyl groups is 1. The predicted octanol–water partition coefficient (Wildman–Crippen LogP) is 0.114. The van der Waals surface area contributed by atoms with Crippen LogP contribution in [0.4, 0.5) is 0 Å². The molecule has 0 radical (unpaired) electrons. The molecule has 0 amide bonds. The fraction of sp³-hybridized carbons (Fsp3) is 0.373. The molecule has 7 rings (SSSR count). The first-order valence-corrected chi connectivity index (χ1v) is 23.7. The Hall–Kier alpha value is -7.68. The summed E-state index contributed by atoms with van der Waals surface area (Å²) in [5, 5.41) is 88.8. The summed E-state index contributed by atoms with van der Waals surface area (Å²) in [6.45, 7) is 1.29. The second-order valence-electron chi connectivity index (χ2n) is 18.0. The zero-order valence-corrected chi connectivity index (χ0v) is 40.9. The van der Waals surface area contributed by atoms with Crippen LogP contribution in [0.25, 0.3) is 44.3 Å². The quantitative estimate of drug-likeness (QED) is 0.00956. The Morgan fingerprint density at radius 3 is 2.41 bits per heavy atom. The molecule has 3 aromatic heterocycles. The van der Waals surface area contributed by atoms with E-state index in [-0.39, 0.29) is 54.0 Å². The minimum absolute atomic E-state index is 0.0266. The molecule has 1 saturated heterocycles. The number of nitrogens with one attached hydrogen (secondary N) is 4. The lowest BCUT2D eigenvalue weighted by molar-refractivity contribution is -0.386. The average molecular weight is 1040 g/mol. The van der Waals surface area contributed by atoms with Crippen LogP contribution in [-0.4, -0.2) is 163 Å². The number of aliphatic hydroxyl groups is 5. The van der Waals surface area contributed by atoms with E-state index in [9.17, 15) is 59.7 Å². The maximum absolute atomic E-state index is 14.0. The number of guanidine groups is 1. The van der Waals surface area contributed by atoms with Gasteiger partial charge in [-0.05, 0) is 81.8 Å². The first-order valence-electron chi connectivity index (χ1n) is 23.7. The van der Waals surface area contributed by atoms with Crippen LogP contribution in [0.1, 0.15) is 30.4 Å². The van der Waals surface area contributed by atoms with Crippen molar-refractivity contribution in [3.05, 3.63) is 107 Å². The molecule has 24 nitrogen and oxygen atoms in total. The lowest BCUT2D eigenvalue weighted by Crippen LogP contribution is -2.82. The molecule has 24 heteroatoms. The number of aryl methyl sites for hydroxylation is 2. The molecular formula is C51H59N7O17. The Balaban J connectivity index is 1.44. The van der Waals surface area contributed by atoms with Crippen LogP contribution >= 0.6 is 0 Å². The van der Waals surface area contributed by atoms with Crippen molar-refractivity contribution in [3.63, 3.8) is 0 Å². The third-order valence-corrected chi connectivity index (χ3v) is 12.7. The van der Waals surface area contributed by atoms with Gasteiger partial charge in [0.05, 0.1) is 41.4 Å². The molecule has 0 bridgehead atoms. The summed E-state index contributed by atoms with van der Waals surface area (Å²) in [6, 6.07) is 13.9. The van der Waals surface area contributed by atoms with Crippen LogP contribution in [0.3, 0.4) is 0 Å². The SMILES string of the molecule is CNC[C@H](C=O)NC(N)=N[C@H](OC(=O)[C@H](NCCC=O)C(=O)O)[C@@H]1O[C@H](Oc2ccc3c(=O)c(-c4ccc(O)cc4)coc3c2)[C@@H](On2cc3cc[nH]c3c2-c2cc(C)cc(C)c2)[C@@](O)([C@H](O)CCCO)[C@]1(O)CO. The number of aliphatic carboxylic acids is 1. The van der Waals surface area contributed by atoms with E-state index in [0.717, 1.165) is 11.1 Å². The number of esters is 1. The Morgan fingerprint density at radius 2 is 1.76 bits per heavy atom. The Bertz CT molecular complexity index is 3060. The van der Waals surface area contributed by atoms with E-state index in [1.807, 2.05) is 32.0 Å². The van der Waals surface area contributed by atoms with Gasteiger partial charge in [-0.15, -0.1) is 0 Å². The minimum Gasteiger partial charge on any atom is -0.508 e. The molecule has 75 heavy (non-hydrogen) atoms. The molecular weight excluding hydrogens is 983 g/mol. The first kappa shape index (κ1) is 55.1. The summed E-state index contributed by atoms with van der Waals surface area (Å²) < 4.78 is 25.8. The summed E-state index contributed by atoms with van der Waals surface area (Å²) >= 11 is 0. The second kappa shape index (κ2) is 23.7. The maximum Gasteiger partial charge on any atom is 0.336 e. The van der Waals surface area contributed by atoms with Crippen LogP contribution in [0.5, 0.6) is 11.5 Å². The molecule has 0 saturated carbocycles. The van der Waals surface area contributed by atoms with Gasteiger partial charge in [-0.25, -0.2) is 14.6 Å². The van der Waals surface area contributed by atoms with E-state index < -0.39 is 97.1 Å². The number of carbonyl (C=O) groups excluding carboxylic acids is 3. The highest BCUT2D eigenvalue weighted by atomic mass is 16.8. The van der Waals surface area contributed by atoms with Crippen molar-refractivity contribution in [1.82, 2.24) is 25.7 Å². The van der Waals surface area contributed by atoms with Gasteiger partial charge < -0.3 is 90.2 Å². The number of aldehydes is 2. The lowest BCUT2D eigenvalue weighted by atomic mass is 9.68. The number of aliphatic imine (C=N–C) groups is 1. The molecule has 0 aliphatic carbocycles. The number of H-pyrrole nitrogens is 1. The largest absolute Gasteiger partial charge is 0.508 e. The number of ether oxygens (including phenoxy) is 3. The van der Waals surface area contributed by atoms with Crippen molar-refractivity contribution in [2.24, 2.45) is 10.7 Å². The number of nitrogens with two attached hydrogens (primary N) is 1. The van der Waals surface area contributed by atoms with Gasteiger partial charge in [0.15, 0.2) is 28.7 Å². The maximum atomic E-state index is 14.0. The Labute approximate surface area is 427 Å². The van der Waals surface area contributed by atoms with Gasteiger partial charge >= 0.3 is 11.9 Å². The molecule has 6 aromatic rings. The Kier molecular flexibility index (Phi) is 17.4. The molecule has 1 aliphatic heterocycles. The average Bonchev–Trinajstić information content (AvgIpc) is 3.97. The number of rotatable bonds is 24. The molecule has 400 valence electrons. The topological polar surface area (TPSA) is 372 Å². The van der Waals surface area contributed by atoms with Crippen molar-refractivity contribution in [2.75, 3.05) is 33.4 Å². The number of phenolic OH excluding ortho intramolecular Hbond substituents is 1. The lowest BCUT2D eigenvalue weighted by Gasteiger charge is -2.57. The smallest absolute Gasteiger partial charge is 0.336 e. The van der Waals surface area contributed by atoms with Crippen LogP contribution in [0.15, 0.2) is 99.6 Å². The Morgan fingerprint density at radius 1 is 1.03 bits per heavy atom. The van der Waals surface area contributed by atoms with Crippen molar-refractivity contribution in [1.29, 1.82) is 0 Å². The predicted molar refractivity (Wildman–Crippen MR) is 268 cm³/mol. The van der Waals surface area contributed by atoms with Gasteiger partial charge in [0, 0.05) is 49.3 Å². The van der Waals surface area contributed by atoms with Crippen molar-refractivity contribution in [3.8, 4) is 33.9 Å². The number of likely N-dealkylation sites (N-methyl/N-ethyl adjacent to an activating group) is 1. The second-order valence-corrected chi connectivity index (χ2v) is 18.0. The molecule has 4 heterocycles. The van der Waals surface area contributed by atoms with Gasteiger partial charge in [0.2, 0.25) is 24.7 Å². The van der Waals surface area contributed by atoms with E-state index >= 15 is 0 Å². The number of aromatic amines is 1. The molecule has 3 aromatic carbocycles. The van der Waals surface area contributed by atoms with E-state index in [2.05, 4.69) is 25.9 Å². The number of hydrogen-bond donors (Lipinski definition) is 12. The van der Waals surface area contributed by atoms with Crippen molar-refractivity contribution < 1.29 is 78.4 Å². The van der Waals surface area contributed by atoms with E-state index in [1.54, 1.807) is 12.3 Å². The number of aromatic nitrogens is 2. The number of carboxylic acids is 1. The third-order valence-electron chi connectivity index (χ3n) is 12.7. The first-order chi connectivity index (χ1) is 35.9. The van der Waals surface area contributed by atoms with Crippen LogP contribution in [0, 0.1) is 13.8 Å². The zero-order valence-electron chi connectivity index (χ0n) is 40.9. The number of aliphatic hydroxyl groups excluding tert-OH is 3. The molecule has 9 atom stereocenters. The monoisotopic (exact) mass is 1040 g/mol. The van der Waals surface area contributed by atoms with Crippen molar-refractivity contribution >= 4 is 52.3 Å². The fourth-order valence-electron chi connectivity index (χ4n) is 9.09. The summed E-state index contributed by atoms with van der Waals surface area (Å²) in [5.74, 6) is -4.27. The number of hydrogen-bond acceptors (Lipinski definition) is 19. The molecule has 0 spiro atoms. The standard InChI is InChI=1S/C51H59N7O17/c1-27-18-28(2)20-31(19-27)41-39-30(13-15-55-39)23-58(41)75-44-48(72-34-11-12-35-37(21-34)71-25-36(42(35)65)29-7-9-33(63)10-8-29)73-43(50(69,26-62)51(44,70)38(64)6-4-16-59)45(57-49(52)56-32(24-61)22-53-3)74-47(68)40(46(66)67)54-14-5-17-60/h7-13,15,17-21,23-25,32,38,40,43-45,48,53-55,59,62-64,69-70H,4-6,14,16,22,26H2,1-3H3,(H,66,67)(H3,52,56,57)/t32-,38-,40-,43+,44-,45-,48+,50+,51+/m1/s1. The summed E-state index contributed by atoms with van der Waals surface area (Å²) in [6.07, 6.45) is -7.07. The zero-order chi connectivity index (χ0) is 54.2. The van der Waals surface area contributed by atoms with Gasteiger partial charge in [-0.3, -0.25) is 10.1 Å².